The van der Waals surface area contributed by atoms with Crippen molar-refractivity contribution < 1.29 is 9.90 Å². The Labute approximate surface area is 121 Å². The third kappa shape index (κ3) is 2.67. The number of nitrogens with zero attached hydrogens (tertiary/aromatic N) is 2. The van der Waals surface area contributed by atoms with E-state index in [1.807, 2.05) is 0 Å². The van der Waals surface area contributed by atoms with Crippen molar-refractivity contribution in [3.63, 3.8) is 0 Å². The summed E-state index contributed by atoms with van der Waals surface area (Å²) < 4.78 is 1.33. The summed E-state index contributed by atoms with van der Waals surface area (Å²) >= 11 is 0. The van der Waals surface area contributed by atoms with Crippen LogP contribution in [0, 0.1) is 0 Å². The summed E-state index contributed by atoms with van der Waals surface area (Å²) in [7, 11) is 0. The minimum atomic E-state index is -0.837. The number of hydrogen-bond acceptors (Lipinski definition) is 4. The topological polar surface area (TPSA) is 83.7 Å². The Hall–Kier alpha value is -2.21. The Kier molecular flexibility index (Phi) is 3.47. The fraction of sp³-hybridized carbons (Fsp3) is 0.400. The minimum absolute atomic E-state index is 0.0136. The Morgan fingerprint density at radius 1 is 1.38 bits per heavy atom. The van der Waals surface area contributed by atoms with Crippen molar-refractivity contribution in [1.29, 1.82) is 0 Å². The molecule has 1 saturated carbocycles. The molecule has 6 nitrogen and oxygen atoms in total. The molecular weight excluding hydrogens is 270 g/mol. The summed E-state index contributed by atoms with van der Waals surface area (Å²) in [5.41, 5.74) is -0.763. The first-order chi connectivity index (χ1) is 10.1. The zero-order chi connectivity index (χ0) is 14.9. The molecule has 0 saturated heterocycles. The molecule has 0 spiro atoms. The minimum Gasteiger partial charge on any atom is -0.388 e. The first-order valence-electron chi connectivity index (χ1n) is 7.06. The fourth-order valence-electron chi connectivity index (χ4n) is 2.73. The van der Waals surface area contributed by atoms with Crippen molar-refractivity contribution in [3.05, 3.63) is 46.5 Å². The van der Waals surface area contributed by atoms with Crippen LogP contribution in [-0.2, 0) is 0 Å². The van der Waals surface area contributed by atoms with Crippen LogP contribution < -0.4 is 10.9 Å². The number of nitrogens with one attached hydrogen (secondary N) is 1. The maximum Gasteiger partial charge on any atom is 0.270 e. The Balaban J connectivity index is 1.81. The number of aromatic nitrogens is 2. The number of hydrogen-bond donors (Lipinski definition) is 2. The highest BCUT2D eigenvalue weighted by Gasteiger charge is 2.31. The molecule has 2 aromatic heterocycles. The molecule has 0 atom stereocenters. The SMILES string of the molecule is O=C(NCC1(O)CCCC1)c1cnc2ccccn2c1=O. The van der Waals surface area contributed by atoms with Crippen LogP contribution in [0.2, 0.25) is 0 Å². The molecular formula is C15H17N3O3. The second kappa shape index (κ2) is 5.29. The number of amides is 1. The van der Waals surface area contributed by atoms with Crippen molar-refractivity contribution in [3.8, 4) is 0 Å². The predicted octanol–water partition coefficient (Wildman–Crippen LogP) is 0.729. The van der Waals surface area contributed by atoms with Crippen LogP contribution in [0.15, 0.2) is 35.4 Å². The van der Waals surface area contributed by atoms with E-state index >= 15 is 0 Å². The lowest BCUT2D eigenvalue weighted by molar-refractivity contribution is 0.0449. The van der Waals surface area contributed by atoms with E-state index in [9.17, 15) is 14.7 Å². The van der Waals surface area contributed by atoms with Crippen LogP contribution in [0.4, 0.5) is 0 Å². The molecule has 2 N–H and O–H groups in total. The third-order valence-electron chi connectivity index (χ3n) is 3.97. The lowest BCUT2D eigenvalue weighted by Gasteiger charge is -2.22. The number of fused-ring (bicyclic) bond motifs is 1. The quantitative estimate of drug-likeness (QED) is 0.871. The highest BCUT2D eigenvalue weighted by atomic mass is 16.3. The van der Waals surface area contributed by atoms with E-state index in [-0.39, 0.29) is 12.1 Å². The van der Waals surface area contributed by atoms with Gasteiger partial charge in [-0.3, -0.25) is 14.0 Å². The molecule has 0 radical (unpaired) electrons. The van der Waals surface area contributed by atoms with Gasteiger partial charge in [0.25, 0.3) is 11.5 Å². The van der Waals surface area contributed by atoms with E-state index in [0.717, 1.165) is 12.8 Å². The second-order valence-electron chi connectivity index (χ2n) is 5.52. The molecule has 0 aliphatic heterocycles. The summed E-state index contributed by atoms with van der Waals surface area (Å²) in [5, 5.41) is 12.9. The van der Waals surface area contributed by atoms with E-state index in [4.69, 9.17) is 0 Å². The number of pyridine rings is 1. The molecule has 1 amide bonds. The second-order valence-corrected chi connectivity index (χ2v) is 5.52. The molecule has 6 heteroatoms. The van der Waals surface area contributed by atoms with Crippen molar-refractivity contribution in [2.45, 2.75) is 31.3 Å². The molecule has 2 aromatic rings. The molecule has 110 valence electrons. The molecule has 0 aromatic carbocycles. The van der Waals surface area contributed by atoms with Gasteiger partial charge in [0, 0.05) is 18.9 Å². The van der Waals surface area contributed by atoms with Crippen LogP contribution in [0.3, 0.4) is 0 Å². The number of rotatable bonds is 3. The van der Waals surface area contributed by atoms with Gasteiger partial charge in [0.05, 0.1) is 5.60 Å². The summed E-state index contributed by atoms with van der Waals surface area (Å²) in [6, 6.07) is 5.18. The van der Waals surface area contributed by atoms with E-state index < -0.39 is 17.1 Å². The standard InChI is InChI=1S/C15H17N3O3/c19-13(17-10-15(21)6-2-3-7-15)11-9-16-12-5-1-4-8-18(12)14(11)20/h1,4-5,8-9,21H,2-3,6-7,10H2,(H,17,19). The van der Waals surface area contributed by atoms with E-state index in [1.165, 1.54) is 10.6 Å². The van der Waals surface area contributed by atoms with E-state index in [1.54, 1.807) is 24.4 Å². The van der Waals surface area contributed by atoms with Crippen molar-refractivity contribution in [2.24, 2.45) is 0 Å². The van der Waals surface area contributed by atoms with Crippen LogP contribution in [0.5, 0.6) is 0 Å². The van der Waals surface area contributed by atoms with Crippen molar-refractivity contribution in [2.75, 3.05) is 6.54 Å². The van der Waals surface area contributed by atoms with Gasteiger partial charge in [0.15, 0.2) is 0 Å². The number of carbonyl (C=O) groups is 1. The van der Waals surface area contributed by atoms with Crippen molar-refractivity contribution >= 4 is 11.6 Å². The van der Waals surface area contributed by atoms with Gasteiger partial charge in [-0.1, -0.05) is 18.9 Å². The van der Waals surface area contributed by atoms with Gasteiger partial charge in [0.1, 0.15) is 11.2 Å². The number of carbonyl (C=O) groups excluding carboxylic acids is 1. The molecule has 3 rings (SSSR count). The van der Waals surface area contributed by atoms with Gasteiger partial charge in [-0.15, -0.1) is 0 Å². The first-order valence-corrected chi connectivity index (χ1v) is 7.06. The van der Waals surface area contributed by atoms with Crippen LogP contribution >= 0.6 is 0 Å². The zero-order valence-corrected chi connectivity index (χ0v) is 11.6. The molecule has 21 heavy (non-hydrogen) atoms. The summed E-state index contributed by atoms with van der Waals surface area (Å²) in [6.45, 7) is 0.169. The van der Waals surface area contributed by atoms with Crippen LogP contribution in [0.1, 0.15) is 36.0 Å². The van der Waals surface area contributed by atoms with Crippen LogP contribution in [0.25, 0.3) is 5.65 Å². The lowest BCUT2D eigenvalue weighted by Crippen LogP contribution is -2.42. The van der Waals surface area contributed by atoms with Crippen molar-refractivity contribution in [1.82, 2.24) is 14.7 Å². The Morgan fingerprint density at radius 3 is 2.90 bits per heavy atom. The molecule has 2 heterocycles. The highest BCUT2D eigenvalue weighted by Crippen LogP contribution is 2.28. The Bertz CT molecular complexity index is 732. The molecule has 1 fully saturated rings. The molecule has 1 aliphatic rings. The van der Waals surface area contributed by atoms with E-state index in [0.29, 0.717) is 18.5 Å². The molecule has 0 bridgehead atoms. The third-order valence-corrected chi connectivity index (χ3v) is 3.97. The highest BCUT2D eigenvalue weighted by molar-refractivity contribution is 5.93. The zero-order valence-electron chi connectivity index (χ0n) is 11.6. The van der Waals surface area contributed by atoms with Crippen LogP contribution in [-0.4, -0.2) is 32.5 Å². The summed E-state index contributed by atoms with van der Waals surface area (Å²) in [6.07, 6.45) is 6.15. The summed E-state index contributed by atoms with van der Waals surface area (Å²) in [4.78, 5) is 28.5. The maximum absolute atomic E-state index is 12.2. The van der Waals surface area contributed by atoms with Gasteiger partial charge in [-0.2, -0.15) is 0 Å². The van der Waals surface area contributed by atoms with E-state index in [2.05, 4.69) is 10.3 Å². The predicted molar refractivity (Wildman–Crippen MR) is 77.2 cm³/mol. The van der Waals surface area contributed by atoms with Gasteiger partial charge in [-0.05, 0) is 25.0 Å². The average Bonchev–Trinajstić information content (AvgIpc) is 2.93. The largest absolute Gasteiger partial charge is 0.388 e. The van der Waals surface area contributed by atoms with Gasteiger partial charge >= 0.3 is 0 Å². The monoisotopic (exact) mass is 287 g/mol. The normalized spacial score (nSPS) is 17.0. The smallest absolute Gasteiger partial charge is 0.270 e. The average molecular weight is 287 g/mol. The fourth-order valence-corrected chi connectivity index (χ4v) is 2.73. The summed E-state index contributed by atoms with van der Waals surface area (Å²) in [5.74, 6) is -0.494. The number of aliphatic hydroxyl groups is 1. The lowest BCUT2D eigenvalue weighted by atomic mass is 10.0. The molecule has 0 unspecified atom stereocenters. The first kappa shape index (κ1) is 13.8. The Morgan fingerprint density at radius 2 is 2.14 bits per heavy atom. The maximum atomic E-state index is 12.2. The molecule has 1 aliphatic carbocycles. The van der Waals surface area contributed by atoms with Gasteiger partial charge in [0.2, 0.25) is 0 Å². The van der Waals surface area contributed by atoms with Gasteiger partial charge in [-0.25, -0.2) is 4.98 Å². The van der Waals surface area contributed by atoms with Gasteiger partial charge < -0.3 is 10.4 Å².